The molecule has 3 N–H and O–H groups in total. The van der Waals surface area contributed by atoms with Gasteiger partial charge in [-0.25, -0.2) is 0 Å². The fourth-order valence-electron chi connectivity index (χ4n) is 1.20. The minimum Gasteiger partial charge on any atom is -0.392 e. The average Bonchev–Trinajstić information content (AvgIpc) is 1.98. The Morgan fingerprint density at radius 2 is 2.12 bits per heavy atom. The van der Waals surface area contributed by atoms with Gasteiger partial charge in [0.1, 0.15) is 0 Å². The Bertz CT molecular complexity index is 74.6. The Labute approximate surface area is 49.7 Å². The second kappa shape index (κ2) is 2.03. The van der Waals surface area contributed by atoms with Gasteiger partial charge in [-0.2, -0.15) is 0 Å². The summed E-state index contributed by atoms with van der Waals surface area (Å²) in [5, 5.41) is 9.04. The van der Waals surface area contributed by atoms with Crippen LogP contribution in [0.1, 0.15) is 19.8 Å². The quantitative estimate of drug-likeness (QED) is 0.470. The molecule has 0 spiro atoms. The summed E-state index contributed by atoms with van der Waals surface area (Å²) < 4.78 is 0. The summed E-state index contributed by atoms with van der Waals surface area (Å²) in [5.74, 6) is 0.519. The number of rotatable bonds is 0. The third kappa shape index (κ3) is 0.858. The summed E-state index contributed by atoms with van der Waals surface area (Å²) in [6, 6.07) is 0.0370. The van der Waals surface area contributed by atoms with E-state index in [2.05, 4.69) is 6.92 Å². The van der Waals surface area contributed by atoms with Crippen LogP contribution in [0.3, 0.4) is 0 Å². The van der Waals surface area contributed by atoms with Gasteiger partial charge in [0.15, 0.2) is 0 Å². The molecule has 2 heteroatoms. The smallest absolute Gasteiger partial charge is 0.0693 e. The van der Waals surface area contributed by atoms with E-state index in [1.54, 1.807) is 0 Å². The first-order valence-electron chi connectivity index (χ1n) is 3.15. The zero-order chi connectivity index (χ0) is 6.15. The van der Waals surface area contributed by atoms with Crippen LogP contribution in [0.2, 0.25) is 0 Å². The molecule has 0 saturated heterocycles. The van der Waals surface area contributed by atoms with Crippen molar-refractivity contribution in [2.45, 2.75) is 31.9 Å². The molecular formula is C6H13NO. The van der Waals surface area contributed by atoms with Crippen LogP contribution in [0.25, 0.3) is 0 Å². The summed E-state index contributed by atoms with van der Waals surface area (Å²) in [6.07, 6.45) is 1.75. The lowest BCUT2D eigenvalue weighted by molar-refractivity contribution is 0.158. The van der Waals surface area contributed by atoms with Crippen LogP contribution in [0, 0.1) is 5.92 Å². The first-order chi connectivity index (χ1) is 3.72. The van der Waals surface area contributed by atoms with E-state index < -0.39 is 0 Å². The maximum Gasteiger partial charge on any atom is 0.0693 e. The lowest BCUT2D eigenvalue weighted by atomic mass is 10.1. The standard InChI is InChI=1S/C6H13NO/c1-4-2-3-5(8)6(4)7/h4-6,8H,2-3,7H2,1H3/t4-,5-,6+/m0/s1. The number of aliphatic hydroxyl groups excluding tert-OH is 1. The molecule has 0 aromatic rings. The van der Waals surface area contributed by atoms with Crippen molar-refractivity contribution in [2.75, 3.05) is 0 Å². The van der Waals surface area contributed by atoms with E-state index in [-0.39, 0.29) is 12.1 Å². The Kier molecular flexibility index (Phi) is 1.54. The van der Waals surface area contributed by atoms with Crippen molar-refractivity contribution < 1.29 is 5.11 Å². The third-order valence-electron chi connectivity index (χ3n) is 2.02. The molecule has 0 heterocycles. The van der Waals surface area contributed by atoms with E-state index in [0.29, 0.717) is 5.92 Å². The molecular weight excluding hydrogens is 102 g/mol. The molecule has 8 heavy (non-hydrogen) atoms. The number of hydrogen-bond donors (Lipinski definition) is 2. The van der Waals surface area contributed by atoms with Gasteiger partial charge in [-0.15, -0.1) is 0 Å². The molecule has 0 unspecified atom stereocenters. The van der Waals surface area contributed by atoms with Crippen molar-refractivity contribution in [3.05, 3.63) is 0 Å². The topological polar surface area (TPSA) is 46.2 Å². The molecule has 3 atom stereocenters. The van der Waals surface area contributed by atoms with Gasteiger partial charge in [0.05, 0.1) is 6.10 Å². The number of aliphatic hydroxyl groups is 1. The Morgan fingerprint density at radius 1 is 1.50 bits per heavy atom. The Balaban J connectivity index is 2.44. The average molecular weight is 115 g/mol. The van der Waals surface area contributed by atoms with Gasteiger partial charge in [-0.1, -0.05) is 6.92 Å². The minimum absolute atomic E-state index is 0.0370. The zero-order valence-electron chi connectivity index (χ0n) is 5.17. The largest absolute Gasteiger partial charge is 0.392 e. The fourth-order valence-corrected chi connectivity index (χ4v) is 1.20. The Morgan fingerprint density at radius 3 is 2.25 bits per heavy atom. The summed E-state index contributed by atoms with van der Waals surface area (Å²) in [7, 11) is 0. The van der Waals surface area contributed by atoms with Gasteiger partial charge in [-0.05, 0) is 18.8 Å². The highest BCUT2D eigenvalue weighted by atomic mass is 16.3. The Hall–Kier alpha value is -0.0800. The zero-order valence-corrected chi connectivity index (χ0v) is 5.17. The van der Waals surface area contributed by atoms with Gasteiger partial charge >= 0.3 is 0 Å². The molecule has 1 rings (SSSR count). The molecule has 1 aliphatic rings. The maximum absolute atomic E-state index is 9.04. The summed E-state index contributed by atoms with van der Waals surface area (Å²) >= 11 is 0. The molecule has 0 bridgehead atoms. The summed E-state index contributed by atoms with van der Waals surface area (Å²) in [4.78, 5) is 0. The summed E-state index contributed by atoms with van der Waals surface area (Å²) in [5.41, 5.74) is 5.57. The van der Waals surface area contributed by atoms with Crippen molar-refractivity contribution in [3.8, 4) is 0 Å². The van der Waals surface area contributed by atoms with Gasteiger partial charge in [0.25, 0.3) is 0 Å². The molecule has 48 valence electrons. The second-order valence-electron chi connectivity index (χ2n) is 2.70. The van der Waals surface area contributed by atoms with Gasteiger partial charge in [-0.3, -0.25) is 0 Å². The predicted molar refractivity (Wildman–Crippen MR) is 32.4 cm³/mol. The third-order valence-corrected chi connectivity index (χ3v) is 2.02. The van der Waals surface area contributed by atoms with E-state index in [9.17, 15) is 0 Å². The molecule has 0 radical (unpaired) electrons. The summed E-state index contributed by atoms with van der Waals surface area (Å²) in [6.45, 7) is 2.08. The first-order valence-corrected chi connectivity index (χ1v) is 3.15. The molecule has 1 fully saturated rings. The predicted octanol–water partition coefficient (Wildman–Crippen LogP) is 0.104. The van der Waals surface area contributed by atoms with Crippen molar-refractivity contribution in [1.82, 2.24) is 0 Å². The number of hydrogen-bond acceptors (Lipinski definition) is 2. The molecule has 0 aliphatic heterocycles. The van der Waals surface area contributed by atoms with Crippen molar-refractivity contribution in [3.63, 3.8) is 0 Å². The minimum atomic E-state index is -0.231. The first kappa shape index (κ1) is 6.05. The lowest BCUT2D eigenvalue weighted by Gasteiger charge is -2.11. The van der Waals surface area contributed by atoms with Crippen LogP contribution in [-0.4, -0.2) is 17.3 Å². The van der Waals surface area contributed by atoms with Gasteiger partial charge < -0.3 is 10.8 Å². The number of nitrogens with two attached hydrogens (primary N) is 1. The maximum atomic E-state index is 9.04. The molecule has 0 amide bonds. The highest BCUT2D eigenvalue weighted by Crippen LogP contribution is 2.23. The van der Waals surface area contributed by atoms with E-state index in [4.69, 9.17) is 10.8 Å². The van der Waals surface area contributed by atoms with Gasteiger partial charge in [0.2, 0.25) is 0 Å². The van der Waals surface area contributed by atoms with E-state index >= 15 is 0 Å². The van der Waals surface area contributed by atoms with E-state index in [1.807, 2.05) is 0 Å². The van der Waals surface area contributed by atoms with Gasteiger partial charge in [0, 0.05) is 6.04 Å². The van der Waals surface area contributed by atoms with Crippen LogP contribution < -0.4 is 5.73 Å². The van der Waals surface area contributed by atoms with Crippen LogP contribution in [-0.2, 0) is 0 Å². The fraction of sp³-hybridized carbons (Fsp3) is 1.00. The highest BCUT2D eigenvalue weighted by Gasteiger charge is 2.27. The van der Waals surface area contributed by atoms with Crippen LogP contribution in [0.5, 0.6) is 0 Å². The monoisotopic (exact) mass is 115 g/mol. The van der Waals surface area contributed by atoms with E-state index in [1.165, 1.54) is 0 Å². The second-order valence-corrected chi connectivity index (χ2v) is 2.70. The SMILES string of the molecule is C[C@H]1CC[C@H](O)[C@@H]1N. The molecule has 0 aromatic carbocycles. The highest BCUT2D eigenvalue weighted by molar-refractivity contribution is 4.84. The molecule has 2 nitrogen and oxygen atoms in total. The van der Waals surface area contributed by atoms with Crippen LogP contribution >= 0.6 is 0 Å². The van der Waals surface area contributed by atoms with Crippen LogP contribution in [0.4, 0.5) is 0 Å². The van der Waals surface area contributed by atoms with Crippen molar-refractivity contribution in [2.24, 2.45) is 11.7 Å². The normalized spacial score (nSPS) is 47.6. The molecule has 1 saturated carbocycles. The lowest BCUT2D eigenvalue weighted by Crippen LogP contribution is -2.33. The van der Waals surface area contributed by atoms with Crippen molar-refractivity contribution in [1.29, 1.82) is 0 Å². The molecule has 0 aromatic heterocycles. The van der Waals surface area contributed by atoms with E-state index in [0.717, 1.165) is 12.8 Å². The van der Waals surface area contributed by atoms with Crippen molar-refractivity contribution >= 4 is 0 Å². The molecule has 1 aliphatic carbocycles. The van der Waals surface area contributed by atoms with Crippen LogP contribution in [0.15, 0.2) is 0 Å².